The number of ether oxygens (including phenoxy) is 1. The zero-order valence-corrected chi connectivity index (χ0v) is 21.3. The van der Waals surface area contributed by atoms with Crippen LogP contribution in [0.5, 0.6) is 11.8 Å². The molecule has 0 radical (unpaired) electrons. The van der Waals surface area contributed by atoms with Gasteiger partial charge >= 0.3 is 6.01 Å². The Morgan fingerprint density at radius 1 is 0.973 bits per heavy atom. The summed E-state index contributed by atoms with van der Waals surface area (Å²) < 4.78 is 23.4. The molecule has 6 rings (SSSR count). The van der Waals surface area contributed by atoms with E-state index in [1.54, 1.807) is 36.7 Å². The van der Waals surface area contributed by atoms with Crippen molar-refractivity contribution in [3.05, 3.63) is 71.2 Å². The number of nitrogens with zero attached hydrogens (tertiary/aromatic N) is 5. The Bertz CT molecular complexity index is 1640. The third kappa shape index (κ3) is 4.40. The molecule has 2 aromatic carbocycles. The SMILES string of the molecule is Cc1ccnc(Oc2ccc(-c3cc4c(cc3F)ncc3nc(C)n([C@H]5CC[C@@H](N)CC5)c34)c(Cl)c2)n1. The third-order valence-corrected chi connectivity index (χ3v) is 7.41. The third-order valence-electron chi connectivity index (χ3n) is 7.10. The van der Waals surface area contributed by atoms with Crippen LogP contribution in [-0.4, -0.2) is 30.5 Å². The van der Waals surface area contributed by atoms with Crippen molar-refractivity contribution in [2.75, 3.05) is 0 Å². The van der Waals surface area contributed by atoms with E-state index in [1.807, 2.05) is 19.9 Å². The molecule has 0 atom stereocenters. The number of nitrogens with two attached hydrogens (primary N) is 1. The molecule has 188 valence electrons. The van der Waals surface area contributed by atoms with Gasteiger partial charge in [0, 0.05) is 52.6 Å². The van der Waals surface area contributed by atoms with Gasteiger partial charge in [-0.25, -0.2) is 19.3 Å². The molecular formula is C28H26ClFN6O. The number of benzene rings is 2. The van der Waals surface area contributed by atoms with E-state index in [4.69, 9.17) is 27.1 Å². The van der Waals surface area contributed by atoms with Crippen molar-refractivity contribution in [3.8, 4) is 22.9 Å². The Hall–Kier alpha value is -3.62. The number of aromatic nitrogens is 5. The van der Waals surface area contributed by atoms with Crippen LogP contribution in [0.4, 0.5) is 4.39 Å². The van der Waals surface area contributed by atoms with Crippen LogP contribution in [0.2, 0.25) is 5.02 Å². The van der Waals surface area contributed by atoms with Crippen molar-refractivity contribution >= 4 is 33.5 Å². The van der Waals surface area contributed by atoms with Gasteiger partial charge in [-0.2, -0.15) is 0 Å². The maximum absolute atomic E-state index is 15.4. The Balaban J connectivity index is 1.44. The fraction of sp³-hybridized carbons (Fsp3) is 0.286. The highest BCUT2D eigenvalue weighted by Gasteiger charge is 2.25. The van der Waals surface area contributed by atoms with Gasteiger partial charge in [-0.1, -0.05) is 11.6 Å². The second kappa shape index (κ2) is 9.36. The minimum atomic E-state index is -0.400. The molecule has 9 heteroatoms. The molecule has 0 aliphatic heterocycles. The summed E-state index contributed by atoms with van der Waals surface area (Å²) in [7, 11) is 0. The van der Waals surface area contributed by atoms with E-state index in [0.717, 1.165) is 53.6 Å². The summed E-state index contributed by atoms with van der Waals surface area (Å²) in [5, 5.41) is 1.20. The molecular weight excluding hydrogens is 491 g/mol. The second-order valence-corrected chi connectivity index (χ2v) is 10.1. The van der Waals surface area contributed by atoms with Crippen LogP contribution in [0.1, 0.15) is 43.2 Å². The Morgan fingerprint density at radius 2 is 1.78 bits per heavy atom. The molecule has 3 heterocycles. The van der Waals surface area contributed by atoms with Crippen LogP contribution in [0.25, 0.3) is 33.1 Å². The molecule has 1 fully saturated rings. The smallest absolute Gasteiger partial charge is 0.322 e. The van der Waals surface area contributed by atoms with Crippen molar-refractivity contribution in [1.82, 2.24) is 24.5 Å². The highest BCUT2D eigenvalue weighted by atomic mass is 35.5. The molecule has 5 aromatic rings. The van der Waals surface area contributed by atoms with Gasteiger partial charge in [0.25, 0.3) is 0 Å². The zero-order chi connectivity index (χ0) is 25.7. The first-order chi connectivity index (χ1) is 17.9. The first-order valence-electron chi connectivity index (χ1n) is 12.4. The van der Waals surface area contributed by atoms with Crippen LogP contribution in [0.15, 0.2) is 48.8 Å². The molecule has 1 saturated carbocycles. The Kier molecular flexibility index (Phi) is 6.01. The zero-order valence-electron chi connectivity index (χ0n) is 20.6. The van der Waals surface area contributed by atoms with E-state index < -0.39 is 5.82 Å². The highest BCUT2D eigenvalue weighted by Crippen LogP contribution is 2.39. The summed E-state index contributed by atoms with van der Waals surface area (Å²) in [5.74, 6) is 0.991. The topological polar surface area (TPSA) is 91.7 Å². The predicted octanol–water partition coefficient (Wildman–Crippen LogP) is 6.69. The van der Waals surface area contributed by atoms with Crippen LogP contribution < -0.4 is 10.5 Å². The first kappa shape index (κ1) is 23.8. The Labute approximate surface area is 218 Å². The summed E-state index contributed by atoms with van der Waals surface area (Å²) in [5.41, 5.74) is 10.2. The summed E-state index contributed by atoms with van der Waals surface area (Å²) in [6.45, 7) is 3.87. The lowest BCUT2D eigenvalue weighted by Gasteiger charge is -2.28. The average molecular weight is 517 g/mol. The van der Waals surface area contributed by atoms with Gasteiger partial charge < -0.3 is 15.0 Å². The van der Waals surface area contributed by atoms with E-state index in [-0.39, 0.29) is 12.1 Å². The monoisotopic (exact) mass is 516 g/mol. The molecule has 0 bridgehead atoms. The molecule has 0 spiro atoms. The lowest BCUT2D eigenvalue weighted by molar-refractivity contribution is 0.325. The summed E-state index contributed by atoms with van der Waals surface area (Å²) in [6.07, 6.45) is 7.28. The van der Waals surface area contributed by atoms with Crippen molar-refractivity contribution in [1.29, 1.82) is 0 Å². The number of pyridine rings is 1. The number of rotatable bonds is 4. The fourth-order valence-electron chi connectivity index (χ4n) is 5.29. The molecule has 0 saturated heterocycles. The first-order valence-corrected chi connectivity index (χ1v) is 12.7. The molecule has 3 aromatic heterocycles. The highest BCUT2D eigenvalue weighted by molar-refractivity contribution is 6.33. The molecule has 37 heavy (non-hydrogen) atoms. The van der Waals surface area contributed by atoms with E-state index in [1.165, 1.54) is 6.07 Å². The molecule has 1 aliphatic rings. The number of imidazole rings is 1. The lowest BCUT2D eigenvalue weighted by Crippen LogP contribution is -2.28. The quantitative estimate of drug-likeness (QED) is 0.286. The minimum absolute atomic E-state index is 0.224. The van der Waals surface area contributed by atoms with Crippen molar-refractivity contribution < 1.29 is 9.13 Å². The number of fused-ring (bicyclic) bond motifs is 3. The van der Waals surface area contributed by atoms with E-state index in [0.29, 0.717) is 33.5 Å². The lowest BCUT2D eigenvalue weighted by atomic mass is 9.91. The number of halogens is 2. The summed E-state index contributed by atoms with van der Waals surface area (Å²) in [4.78, 5) is 17.6. The minimum Gasteiger partial charge on any atom is -0.424 e. The normalized spacial score (nSPS) is 18.0. The fourth-order valence-corrected chi connectivity index (χ4v) is 5.56. The van der Waals surface area contributed by atoms with Gasteiger partial charge in [0.05, 0.1) is 22.3 Å². The standard InChI is InChI=1S/C28H26ClFN6O/c1-15-9-10-32-28(34-15)37-19-7-8-20(23(29)11-19)21-12-22-25(13-24(21)30)33-14-26-27(22)36(16(2)35-26)18-5-3-17(31)4-6-18/h7-14,17-18H,3-6,31H2,1-2H3/t17-,18+. The van der Waals surface area contributed by atoms with E-state index in [9.17, 15) is 0 Å². The summed E-state index contributed by atoms with van der Waals surface area (Å²) in [6, 6.07) is 11.0. The van der Waals surface area contributed by atoms with Gasteiger partial charge in [0.2, 0.25) is 0 Å². The molecule has 0 unspecified atom stereocenters. The predicted molar refractivity (Wildman–Crippen MR) is 142 cm³/mol. The van der Waals surface area contributed by atoms with Gasteiger partial charge in [-0.3, -0.25) is 4.98 Å². The van der Waals surface area contributed by atoms with Crippen LogP contribution in [-0.2, 0) is 0 Å². The van der Waals surface area contributed by atoms with Crippen LogP contribution in [0.3, 0.4) is 0 Å². The van der Waals surface area contributed by atoms with Gasteiger partial charge in [0.15, 0.2) is 0 Å². The van der Waals surface area contributed by atoms with E-state index >= 15 is 4.39 Å². The maximum Gasteiger partial charge on any atom is 0.322 e. The van der Waals surface area contributed by atoms with E-state index in [2.05, 4.69) is 19.5 Å². The Morgan fingerprint density at radius 3 is 2.54 bits per heavy atom. The summed E-state index contributed by atoms with van der Waals surface area (Å²) >= 11 is 6.64. The second-order valence-electron chi connectivity index (χ2n) is 9.66. The van der Waals surface area contributed by atoms with Crippen LogP contribution >= 0.6 is 11.6 Å². The molecule has 2 N–H and O–H groups in total. The van der Waals surface area contributed by atoms with Crippen molar-refractivity contribution in [2.45, 2.75) is 51.6 Å². The molecule has 7 nitrogen and oxygen atoms in total. The number of aryl methyl sites for hydroxylation is 2. The van der Waals surface area contributed by atoms with Crippen molar-refractivity contribution in [3.63, 3.8) is 0 Å². The van der Waals surface area contributed by atoms with Gasteiger partial charge in [-0.15, -0.1) is 0 Å². The number of hydrogen-bond donors (Lipinski definition) is 1. The van der Waals surface area contributed by atoms with Crippen LogP contribution in [0, 0.1) is 19.7 Å². The largest absolute Gasteiger partial charge is 0.424 e. The molecule has 0 amide bonds. The maximum atomic E-state index is 15.4. The van der Waals surface area contributed by atoms with Crippen molar-refractivity contribution in [2.24, 2.45) is 5.73 Å². The van der Waals surface area contributed by atoms with Gasteiger partial charge in [0.1, 0.15) is 22.9 Å². The van der Waals surface area contributed by atoms with Gasteiger partial charge in [-0.05, 0) is 63.8 Å². The average Bonchev–Trinajstić information content (AvgIpc) is 3.21. The number of hydrogen-bond acceptors (Lipinski definition) is 6. The molecule has 1 aliphatic carbocycles.